The molecule has 0 bridgehead atoms. The van der Waals surface area contributed by atoms with Gasteiger partial charge in [0.1, 0.15) is 0 Å². The molecule has 0 aliphatic heterocycles. The third-order valence-corrected chi connectivity index (χ3v) is 2.98. The van der Waals surface area contributed by atoms with Crippen LogP contribution in [0, 0.1) is 0 Å². The molecule has 0 spiro atoms. The number of H-pyrrole nitrogens is 1. The fraction of sp³-hybridized carbons (Fsp3) is 0.154. The Kier molecular flexibility index (Phi) is 3.42. The van der Waals surface area contributed by atoms with Crippen molar-refractivity contribution in [2.24, 2.45) is 0 Å². The number of hydrogen-bond acceptors (Lipinski definition) is 5. The first-order valence-corrected chi connectivity index (χ1v) is 6.35. The van der Waals surface area contributed by atoms with Crippen LogP contribution in [-0.4, -0.2) is 37.6 Å². The van der Waals surface area contributed by atoms with Crippen LogP contribution in [0.25, 0.3) is 10.9 Å². The van der Waals surface area contributed by atoms with E-state index >= 15 is 0 Å². The van der Waals surface area contributed by atoms with Gasteiger partial charge in [-0.05, 0) is 11.3 Å². The van der Waals surface area contributed by atoms with E-state index in [9.17, 15) is 9.59 Å². The first kappa shape index (κ1) is 13.0. The molecule has 0 saturated carbocycles. The van der Waals surface area contributed by atoms with Gasteiger partial charge in [0.05, 0.1) is 12.1 Å². The zero-order chi connectivity index (χ0) is 14.7. The summed E-state index contributed by atoms with van der Waals surface area (Å²) in [6, 6.07) is 8.46. The first-order valence-electron chi connectivity index (χ1n) is 6.35. The topological polar surface area (TPSA) is 106 Å². The van der Waals surface area contributed by atoms with E-state index in [-0.39, 0.29) is 11.5 Å². The number of nitrogens with one attached hydrogen (secondary N) is 2. The Morgan fingerprint density at radius 3 is 3.00 bits per heavy atom. The third kappa shape index (κ3) is 2.78. The number of benzene rings is 1. The molecule has 3 aromatic rings. The number of aromatic amines is 1. The predicted molar refractivity (Wildman–Crippen MR) is 74.7 cm³/mol. The van der Waals surface area contributed by atoms with Gasteiger partial charge in [-0.2, -0.15) is 4.80 Å². The van der Waals surface area contributed by atoms with E-state index < -0.39 is 0 Å². The Bertz CT molecular complexity index is 824. The van der Waals surface area contributed by atoms with Crippen LogP contribution in [0.2, 0.25) is 0 Å². The summed E-state index contributed by atoms with van der Waals surface area (Å²) in [4.78, 5) is 27.9. The van der Waals surface area contributed by atoms with E-state index in [0.29, 0.717) is 29.6 Å². The van der Waals surface area contributed by atoms with Crippen molar-refractivity contribution in [3.05, 3.63) is 52.6 Å². The summed E-state index contributed by atoms with van der Waals surface area (Å²) in [6.45, 7) is 0.753. The Labute approximate surface area is 118 Å². The molecule has 0 aliphatic rings. The third-order valence-electron chi connectivity index (χ3n) is 2.98. The highest BCUT2D eigenvalue weighted by atomic mass is 16.2. The molecular weight excluding hydrogens is 272 g/mol. The highest BCUT2D eigenvalue weighted by Crippen LogP contribution is 2.14. The van der Waals surface area contributed by atoms with Crippen LogP contribution in [0.5, 0.6) is 0 Å². The number of rotatable bonds is 4. The lowest BCUT2D eigenvalue weighted by Gasteiger charge is -2.07. The van der Waals surface area contributed by atoms with Gasteiger partial charge >= 0.3 is 0 Å². The van der Waals surface area contributed by atoms with Crippen molar-refractivity contribution >= 4 is 16.8 Å². The number of pyridine rings is 1. The summed E-state index contributed by atoms with van der Waals surface area (Å²) in [5, 5.41) is 14.6. The molecular formula is C13H12N6O2. The zero-order valence-electron chi connectivity index (χ0n) is 11.0. The molecule has 8 nitrogen and oxygen atoms in total. The molecule has 3 rings (SSSR count). The van der Waals surface area contributed by atoms with Crippen molar-refractivity contribution < 1.29 is 4.79 Å². The number of carbonyl (C=O) groups is 1. The average Bonchev–Trinajstić information content (AvgIpc) is 2.99. The van der Waals surface area contributed by atoms with E-state index in [4.69, 9.17) is 0 Å². The minimum absolute atomic E-state index is 0.308. The summed E-state index contributed by atoms with van der Waals surface area (Å²) in [5.74, 6) is -0.308. The van der Waals surface area contributed by atoms with Gasteiger partial charge in [-0.3, -0.25) is 9.59 Å². The maximum atomic E-state index is 12.2. The number of carbonyl (C=O) groups excluding carboxylic acids is 1. The molecule has 1 aromatic carbocycles. The summed E-state index contributed by atoms with van der Waals surface area (Å²) in [7, 11) is 0. The summed E-state index contributed by atoms with van der Waals surface area (Å²) >= 11 is 0. The SMILES string of the molecule is O=C(NCCn1ncnn1)c1cc(=O)[nH]c2ccccc12. The summed E-state index contributed by atoms with van der Waals surface area (Å²) < 4.78 is 0. The van der Waals surface area contributed by atoms with E-state index in [1.165, 1.54) is 17.2 Å². The van der Waals surface area contributed by atoms with Gasteiger partial charge in [-0.15, -0.1) is 10.2 Å². The second kappa shape index (κ2) is 5.53. The quantitative estimate of drug-likeness (QED) is 0.698. The van der Waals surface area contributed by atoms with E-state index in [1.807, 2.05) is 6.07 Å². The summed E-state index contributed by atoms with van der Waals surface area (Å²) in [6.07, 6.45) is 1.33. The fourth-order valence-corrected chi connectivity index (χ4v) is 2.05. The van der Waals surface area contributed by atoms with Crippen LogP contribution in [0.1, 0.15) is 10.4 Å². The average molecular weight is 284 g/mol. The summed E-state index contributed by atoms with van der Waals surface area (Å²) in [5.41, 5.74) is 0.672. The maximum absolute atomic E-state index is 12.2. The van der Waals surface area contributed by atoms with Crippen molar-refractivity contribution in [1.29, 1.82) is 0 Å². The largest absolute Gasteiger partial charge is 0.350 e. The lowest BCUT2D eigenvalue weighted by atomic mass is 10.1. The molecule has 0 unspecified atom stereocenters. The number of fused-ring (bicyclic) bond motifs is 1. The zero-order valence-corrected chi connectivity index (χ0v) is 11.0. The number of para-hydroxylation sites is 1. The highest BCUT2D eigenvalue weighted by Gasteiger charge is 2.11. The number of tetrazole rings is 1. The Balaban J connectivity index is 1.79. The molecule has 0 fully saturated rings. The molecule has 0 saturated heterocycles. The van der Waals surface area contributed by atoms with Crippen LogP contribution in [-0.2, 0) is 6.54 Å². The normalized spacial score (nSPS) is 10.7. The van der Waals surface area contributed by atoms with E-state index in [1.54, 1.807) is 18.2 Å². The maximum Gasteiger partial charge on any atom is 0.252 e. The monoisotopic (exact) mass is 284 g/mol. The molecule has 0 aliphatic carbocycles. The van der Waals surface area contributed by atoms with Crippen molar-refractivity contribution in [2.75, 3.05) is 6.54 Å². The lowest BCUT2D eigenvalue weighted by Crippen LogP contribution is -2.29. The Hall–Kier alpha value is -3.03. The molecule has 8 heteroatoms. The Morgan fingerprint density at radius 1 is 1.33 bits per heavy atom. The molecule has 2 N–H and O–H groups in total. The van der Waals surface area contributed by atoms with E-state index in [2.05, 4.69) is 25.7 Å². The van der Waals surface area contributed by atoms with Crippen LogP contribution < -0.4 is 10.9 Å². The van der Waals surface area contributed by atoms with E-state index in [0.717, 1.165) is 0 Å². The van der Waals surface area contributed by atoms with Crippen molar-refractivity contribution in [1.82, 2.24) is 30.5 Å². The first-order chi connectivity index (χ1) is 10.2. The van der Waals surface area contributed by atoms with Gasteiger partial charge < -0.3 is 10.3 Å². The van der Waals surface area contributed by atoms with Crippen LogP contribution in [0.15, 0.2) is 41.5 Å². The lowest BCUT2D eigenvalue weighted by molar-refractivity contribution is 0.0953. The van der Waals surface area contributed by atoms with Gasteiger partial charge in [0.15, 0.2) is 6.33 Å². The van der Waals surface area contributed by atoms with Gasteiger partial charge in [-0.25, -0.2) is 0 Å². The van der Waals surface area contributed by atoms with Crippen LogP contribution in [0.3, 0.4) is 0 Å². The number of amides is 1. The number of aromatic nitrogens is 5. The highest BCUT2D eigenvalue weighted by molar-refractivity contribution is 6.05. The molecule has 21 heavy (non-hydrogen) atoms. The minimum Gasteiger partial charge on any atom is -0.350 e. The molecule has 1 amide bonds. The van der Waals surface area contributed by atoms with Gasteiger partial charge in [0.2, 0.25) is 5.56 Å². The Morgan fingerprint density at radius 2 is 2.19 bits per heavy atom. The second-order valence-corrected chi connectivity index (χ2v) is 4.38. The molecule has 2 heterocycles. The smallest absolute Gasteiger partial charge is 0.252 e. The van der Waals surface area contributed by atoms with Crippen LogP contribution in [0.4, 0.5) is 0 Å². The molecule has 106 valence electrons. The fourth-order valence-electron chi connectivity index (χ4n) is 2.05. The second-order valence-electron chi connectivity index (χ2n) is 4.38. The van der Waals surface area contributed by atoms with Gasteiger partial charge in [-0.1, -0.05) is 18.2 Å². The molecule has 0 radical (unpaired) electrons. The number of hydrogen-bond donors (Lipinski definition) is 2. The van der Waals surface area contributed by atoms with Crippen molar-refractivity contribution in [2.45, 2.75) is 6.54 Å². The minimum atomic E-state index is -0.309. The van der Waals surface area contributed by atoms with Gasteiger partial charge in [0, 0.05) is 23.5 Å². The van der Waals surface area contributed by atoms with Gasteiger partial charge in [0.25, 0.3) is 5.91 Å². The van der Waals surface area contributed by atoms with Crippen LogP contribution >= 0.6 is 0 Å². The van der Waals surface area contributed by atoms with Crippen molar-refractivity contribution in [3.8, 4) is 0 Å². The predicted octanol–water partition coefficient (Wildman–Crippen LogP) is -0.0554. The molecule has 2 aromatic heterocycles. The molecule has 0 atom stereocenters. The number of nitrogens with zero attached hydrogens (tertiary/aromatic N) is 4. The standard InChI is InChI=1S/C13H12N6O2/c20-12-7-10(9-3-1-2-4-11(9)17-12)13(21)14-5-6-19-16-8-15-18-19/h1-4,7-8H,5-6H2,(H,14,21)(H,17,20). The van der Waals surface area contributed by atoms with Crippen molar-refractivity contribution in [3.63, 3.8) is 0 Å².